The van der Waals surface area contributed by atoms with Gasteiger partial charge in [-0.25, -0.2) is 0 Å². The molecule has 1 heterocycles. The van der Waals surface area contributed by atoms with Gasteiger partial charge in [0.1, 0.15) is 0 Å². The summed E-state index contributed by atoms with van der Waals surface area (Å²) in [5.74, 6) is 0.888. The molecule has 1 saturated heterocycles. The largest absolute Gasteiger partial charge is 0.394 e. The third kappa shape index (κ3) is 4.40. The second kappa shape index (κ2) is 6.58. The predicted molar refractivity (Wildman–Crippen MR) is 68.6 cm³/mol. The highest BCUT2D eigenvalue weighted by atomic mass is 16.3. The van der Waals surface area contributed by atoms with E-state index in [1.165, 1.54) is 32.4 Å². The Balaban J connectivity index is 2.31. The Morgan fingerprint density at radius 1 is 1.38 bits per heavy atom. The molecule has 16 heavy (non-hydrogen) atoms. The van der Waals surface area contributed by atoms with Crippen molar-refractivity contribution in [1.82, 2.24) is 10.2 Å². The summed E-state index contributed by atoms with van der Waals surface area (Å²) < 4.78 is 0. The van der Waals surface area contributed by atoms with Crippen LogP contribution in [0.25, 0.3) is 0 Å². The minimum absolute atomic E-state index is 0.113. The van der Waals surface area contributed by atoms with Gasteiger partial charge in [0, 0.05) is 5.54 Å². The van der Waals surface area contributed by atoms with Gasteiger partial charge >= 0.3 is 0 Å². The maximum atomic E-state index is 9.33. The summed E-state index contributed by atoms with van der Waals surface area (Å²) in [5, 5.41) is 12.5. The van der Waals surface area contributed by atoms with E-state index in [0.29, 0.717) is 0 Å². The summed E-state index contributed by atoms with van der Waals surface area (Å²) >= 11 is 0. The van der Waals surface area contributed by atoms with Crippen LogP contribution < -0.4 is 5.32 Å². The Morgan fingerprint density at radius 2 is 2.12 bits per heavy atom. The van der Waals surface area contributed by atoms with Crippen molar-refractivity contribution in [2.45, 2.75) is 45.1 Å². The highest BCUT2D eigenvalue weighted by Gasteiger charge is 2.22. The van der Waals surface area contributed by atoms with Gasteiger partial charge < -0.3 is 15.3 Å². The van der Waals surface area contributed by atoms with Crippen LogP contribution in [0.4, 0.5) is 0 Å². The normalized spacial score (nSPS) is 27.4. The van der Waals surface area contributed by atoms with E-state index >= 15 is 0 Å². The molecule has 1 aliphatic heterocycles. The van der Waals surface area contributed by atoms with E-state index in [2.05, 4.69) is 24.1 Å². The van der Waals surface area contributed by atoms with E-state index in [-0.39, 0.29) is 12.1 Å². The fourth-order valence-corrected chi connectivity index (χ4v) is 2.23. The lowest BCUT2D eigenvalue weighted by Crippen LogP contribution is -2.46. The molecule has 2 unspecified atom stereocenters. The second-order valence-electron chi connectivity index (χ2n) is 5.60. The molecule has 96 valence electrons. The first kappa shape index (κ1) is 13.9. The molecule has 0 aromatic heterocycles. The Labute approximate surface area is 100 Å². The molecular formula is C13H28N2O. The number of nitrogens with zero attached hydrogens (tertiary/aromatic N) is 1. The molecular weight excluding hydrogens is 200 g/mol. The van der Waals surface area contributed by atoms with Crippen molar-refractivity contribution in [3.8, 4) is 0 Å². The van der Waals surface area contributed by atoms with Crippen LogP contribution in [0.5, 0.6) is 0 Å². The summed E-state index contributed by atoms with van der Waals surface area (Å²) in [6.07, 6.45) is 5.06. The first-order valence-electron chi connectivity index (χ1n) is 6.62. The average Bonchev–Trinajstić information content (AvgIpc) is 2.51. The minimum Gasteiger partial charge on any atom is -0.394 e. The van der Waals surface area contributed by atoms with Crippen molar-refractivity contribution < 1.29 is 5.11 Å². The van der Waals surface area contributed by atoms with E-state index in [0.717, 1.165) is 18.9 Å². The molecule has 3 heteroatoms. The van der Waals surface area contributed by atoms with Crippen LogP contribution in [0.15, 0.2) is 0 Å². The summed E-state index contributed by atoms with van der Waals surface area (Å²) in [5.41, 5.74) is -0.113. The van der Waals surface area contributed by atoms with Crippen molar-refractivity contribution in [1.29, 1.82) is 0 Å². The molecule has 0 aromatic rings. The standard InChI is InChI=1S/C13H28N2O/c1-12-5-4-8-15(9-6-12)10-7-13(2,11-16)14-3/h12,14,16H,4-11H2,1-3H3. The van der Waals surface area contributed by atoms with Crippen molar-refractivity contribution in [3.63, 3.8) is 0 Å². The number of hydrogen-bond donors (Lipinski definition) is 2. The number of nitrogens with one attached hydrogen (secondary N) is 1. The van der Waals surface area contributed by atoms with Gasteiger partial charge in [-0.2, -0.15) is 0 Å². The van der Waals surface area contributed by atoms with E-state index < -0.39 is 0 Å². The number of rotatable bonds is 5. The van der Waals surface area contributed by atoms with Crippen molar-refractivity contribution in [2.75, 3.05) is 33.3 Å². The van der Waals surface area contributed by atoms with Crippen molar-refractivity contribution in [3.05, 3.63) is 0 Å². The Hall–Kier alpha value is -0.120. The second-order valence-corrected chi connectivity index (χ2v) is 5.60. The molecule has 2 atom stereocenters. The average molecular weight is 228 g/mol. The fraction of sp³-hybridized carbons (Fsp3) is 1.00. The van der Waals surface area contributed by atoms with E-state index in [1.54, 1.807) is 0 Å². The van der Waals surface area contributed by atoms with Crippen LogP contribution in [0.1, 0.15) is 39.5 Å². The number of likely N-dealkylation sites (tertiary alicyclic amines) is 1. The van der Waals surface area contributed by atoms with Crippen LogP contribution in [0, 0.1) is 5.92 Å². The van der Waals surface area contributed by atoms with Crippen LogP contribution >= 0.6 is 0 Å². The van der Waals surface area contributed by atoms with E-state index in [4.69, 9.17) is 0 Å². The predicted octanol–water partition coefficient (Wildman–Crippen LogP) is 1.47. The van der Waals surface area contributed by atoms with Gasteiger partial charge in [-0.15, -0.1) is 0 Å². The molecule has 1 aliphatic rings. The molecule has 3 nitrogen and oxygen atoms in total. The van der Waals surface area contributed by atoms with Crippen LogP contribution in [-0.2, 0) is 0 Å². The van der Waals surface area contributed by atoms with Crippen LogP contribution in [-0.4, -0.2) is 48.8 Å². The molecule has 0 aromatic carbocycles. The van der Waals surface area contributed by atoms with Crippen LogP contribution in [0.3, 0.4) is 0 Å². The Kier molecular flexibility index (Phi) is 5.73. The Morgan fingerprint density at radius 3 is 2.75 bits per heavy atom. The number of aliphatic hydroxyl groups excluding tert-OH is 1. The zero-order chi connectivity index (χ0) is 12.0. The maximum absolute atomic E-state index is 9.33. The van der Waals surface area contributed by atoms with Gasteiger partial charge in [-0.05, 0) is 65.2 Å². The lowest BCUT2D eigenvalue weighted by molar-refractivity contribution is 0.152. The fourth-order valence-electron chi connectivity index (χ4n) is 2.23. The van der Waals surface area contributed by atoms with Gasteiger partial charge in [0.05, 0.1) is 6.61 Å². The SMILES string of the molecule is CNC(C)(CO)CCN1CCCC(C)CC1. The molecule has 0 radical (unpaired) electrons. The van der Waals surface area contributed by atoms with Gasteiger partial charge in [0.25, 0.3) is 0 Å². The van der Waals surface area contributed by atoms with E-state index in [1.807, 2.05) is 7.05 Å². The number of hydrogen-bond acceptors (Lipinski definition) is 3. The first-order chi connectivity index (χ1) is 7.59. The lowest BCUT2D eigenvalue weighted by atomic mass is 9.99. The van der Waals surface area contributed by atoms with Crippen molar-refractivity contribution >= 4 is 0 Å². The summed E-state index contributed by atoms with van der Waals surface area (Å²) in [6, 6.07) is 0. The highest BCUT2D eigenvalue weighted by Crippen LogP contribution is 2.18. The van der Waals surface area contributed by atoms with E-state index in [9.17, 15) is 5.11 Å². The van der Waals surface area contributed by atoms with Crippen LogP contribution in [0.2, 0.25) is 0 Å². The summed E-state index contributed by atoms with van der Waals surface area (Å²) in [6.45, 7) is 8.22. The third-order valence-electron chi connectivity index (χ3n) is 4.04. The lowest BCUT2D eigenvalue weighted by Gasteiger charge is -2.30. The highest BCUT2D eigenvalue weighted by molar-refractivity contribution is 4.82. The first-order valence-corrected chi connectivity index (χ1v) is 6.62. The maximum Gasteiger partial charge on any atom is 0.0610 e. The molecule has 2 N–H and O–H groups in total. The molecule has 0 bridgehead atoms. The Bertz CT molecular complexity index is 192. The topological polar surface area (TPSA) is 35.5 Å². The molecule has 0 aliphatic carbocycles. The third-order valence-corrected chi connectivity index (χ3v) is 4.04. The number of aliphatic hydroxyl groups is 1. The minimum atomic E-state index is -0.113. The summed E-state index contributed by atoms with van der Waals surface area (Å²) in [7, 11) is 1.93. The molecule has 0 amide bonds. The summed E-state index contributed by atoms with van der Waals surface area (Å²) in [4.78, 5) is 2.55. The monoisotopic (exact) mass is 228 g/mol. The molecule has 0 saturated carbocycles. The van der Waals surface area contributed by atoms with Gasteiger partial charge in [0.2, 0.25) is 0 Å². The quantitative estimate of drug-likeness (QED) is 0.748. The smallest absolute Gasteiger partial charge is 0.0610 e. The van der Waals surface area contributed by atoms with Gasteiger partial charge in [-0.1, -0.05) is 6.92 Å². The number of likely N-dealkylation sites (N-methyl/N-ethyl adjacent to an activating group) is 1. The van der Waals surface area contributed by atoms with Gasteiger partial charge in [-0.3, -0.25) is 0 Å². The zero-order valence-corrected chi connectivity index (χ0v) is 11.1. The molecule has 1 rings (SSSR count). The molecule has 1 fully saturated rings. The van der Waals surface area contributed by atoms with Crippen molar-refractivity contribution in [2.24, 2.45) is 5.92 Å². The molecule has 0 spiro atoms. The van der Waals surface area contributed by atoms with Gasteiger partial charge in [0.15, 0.2) is 0 Å². The zero-order valence-electron chi connectivity index (χ0n) is 11.1.